The van der Waals surface area contributed by atoms with Crippen LogP contribution < -0.4 is 10.6 Å². The van der Waals surface area contributed by atoms with Gasteiger partial charge in [-0.1, -0.05) is 25.3 Å². The largest absolute Gasteiger partial charge is 0.355 e. The molecule has 0 bridgehead atoms. The van der Waals surface area contributed by atoms with Crippen LogP contribution in [0.3, 0.4) is 0 Å². The summed E-state index contributed by atoms with van der Waals surface area (Å²) in [6.07, 6.45) is 6.44. The van der Waals surface area contributed by atoms with Gasteiger partial charge in [0.1, 0.15) is 0 Å². The third kappa shape index (κ3) is 6.50. The SMILES string of the molecule is Cc1ccc([N+](=O)[O-])cc1S(=O)(=O)N1CCC(C(=O)NCCC(=O)NC2CCCCC2)CC1. The van der Waals surface area contributed by atoms with E-state index in [-0.39, 0.29) is 60.4 Å². The highest BCUT2D eigenvalue weighted by atomic mass is 32.2. The molecule has 1 aliphatic carbocycles. The van der Waals surface area contributed by atoms with Crippen LogP contribution >= 0.6 is 0 Å². The zero-order valence-electron chi connectivity index (χ0n) is 18.9. The Morgan fingerprint density at radius 1 is 1.12 bits per heavy atom. The van der Waals surface area contributed by atoms with Gasteiger partial charge in [-0.3, -0.25) is 19.7 Å². The van der Waals surface area contributed by atoms with Gasteiger partial charge in [0, 0.05) is 50.1 Å². The summed E-state index contributed by atoms with van der Waals surface area (Å²) in [7, 11) is -3.90. The number of non-ortho nitro benzene ring substituents is 1. The van der Waals surface area contributed by atoms with Gasteiger partial charge >= 0.3 is 0 Å². The van der Waals surface area contributed by atoms with Crippen LogP contribution in [0.4, 0.5) is 5.69 Å². The summed E-state index contributed by atoms with van der Waals surface area (Å²) >= 11 is 0. The highest BCUT2D eigenvalue weighted by Crippen LogP contribution is 2.28. The summed E-state index contributed by atoms with van der Waals surface area (Å²) < 4.78 is 27.3. The number of hydrogen-bond acceptors (Lipinski definition) is 6. The van der Waals surface area contributed by atoms with Crippen LogP contribution in [-0.2, 0) is 19.6 Å². The monoisotopic (exact) mass is 480 g/mol. The molecule has 2 fully saturated rings. The van der Waals surface area contributed by atoms with E-state index in [1.165, 1.54) is 22.9 Å². The predicted molar refractivity (Wildman–Crippen MR) is 122 cm³/mol. The molecule has 0 unspecified atom stereocenters. The van der Waals surface area contributed by atoms with E-state index in [2.05, 4.69) is 10.6 Å². The Morgan fingerprint density at radius 3 is 2.42 bits per heavy atom. The Kier molecular flexibility index (Phi) is 8.41. The highest BCUT2D eigenvalue weighted by Gasteiger charge is 2.33. The molecule has 10 nitrogen and oxygen atoms in total. The number of hydrogen-bond donors (Lipinski definition) is 2. The van der Waals surface area contributed by atoms with Gasteiger partial charge in [-0.25, -0.2) is 8.42 Å². The number of rotatable bonds is 8. The fraction of sp³-hybridized carbons (Fsp3) is 0.636. The van der Waals surface area contributed by atoms with E-state index in [4.69, 9.17) is 0 Å². The molecule has 2 amide bonds. The molecule has 0 aromatic heterocycles. The lowest BCUT2D eigenvalue weighted by molar-refractivity contribution is -0.385. The van der Waals surface area contributed by atoms with Gasteiger partial charge in [-0.05, 0) is 38.2 Å². The fourth-order valence-electron chi connectivity index (χ4n) is 4.47. The number of nitro groups is 1. The average Bonchev–Trinajstić information content (AvgIpc) is 2.79. The molecule has 3 rings (SSSR count). The molecule has 11 heteroatoms. The van der Waals surface area contributed by atoms with Crippen molar-refractivity contribution >= 4 is 27.5 Å². The number of aryl methyl sites for hydroxylation is 1. The van der Waals surface area contributed by atoms with E-state index in [9.17, 15) is 28.1 Å². The summed E-state index contributed by atoms with van der Waals surface area (Å²) in [4.78, 5) is 34.9. The molecule has 0 atom stereocenters. The minimum absolute atomic E-state index is 0.0598. The molecule has 33 heavy (non-hydrogen) atoms. The molecule has 1 saturated heterocycles. The van der Waals surface area contributed by atoms with Crippen molar-refractivity contribution in [2.45, 2.75) is 69.2 Å². The standard InChI is InChI=1S/C22H32N4O6S/c1-16-7-8-19(26(29)30)15-20(16)33(31,32)25-13-10-17(11-14-25)22(28)23-12-9-21(27)24-18-5-3-2-4-6-18/h7-8,15,17-18H,2-6,9-14H2,1H3,(H,23,28)(H,24,27). The molecule has 1 heterocycles. The van der Waals surface area contributed by atoms with Crippen molar-refractivity contribution in [3.63, 3.8) is 0 Å². The lowest BCUT2D eigenvalue weighted by Gasteiger charge is -2.31. The number of carbonyl (C=O) groups excluding carboxylic acids is 2. The van der Waals surface area contributed by atoms with Crippen molar-refractivity contribution in [1.29, 1.82) is 0 Å². The number of piperidine rings is 1. The summed E-state index contributed by atoms with van der Waals surface area (Å²) in [5, 5.41) is 16.9. The number of nitro benzene ring substituents is 1. The lowest BCUT2D eigenvalue weighted by Crippen LogP contribution is -2.44. The maximum Gasteiger partial charge on any atom is 0.270 e. The number of sulfonamides is 1. The topological polar surface area (TPSA) is 139 Å². The molecule has 0 spiro atoms. The van der Waals surface area contributed by atoms with Crippen molar-refractivity contribution in [3.05, 3.63) is 33.9 Å². The molecule has 0 radical (unpaired) electrons. The van der Waals surface area contributed by atoms with Crippen LogP contribution in [0.25, 0.3) is 0 Å². The highest BCUT2D eigenvalue weighted by molar-refractivity contribution is 7.89. The number of benzene rings is 1. The molecular weight excluding hydrogens is 448 g/mol. The molecule has 1 aromatic carbocycles. The number of nitrogens with zero attached hydrogens (tertiary/aromatic N) is 2. The minimum atomic E-state index is -3.90. The van der Waals surface area contributed by atoms with Gasteiger partial charge in [-0.15, -0.1) is 0 Å². The lowest BCUT2D eigenvalue weighted by atomic mass is 9.95. The van der Waals surface area contributed by atoms with Gasteiger partial charge in [0.15, 0.2) is 0 Å². The Balaban J connectivity index is 1.47. The smallest absolute Gasteiger partial charge is 0.270 e. The van der Waals surface area contributed by atoms with Crippen LogP contribution in [0.5, 0.6) is 0 Å². The van der Waals surface area contributed by atoms with E-state index in [1.807, 2.05) is 0 Å². The van der Waals surface area contributed by atoms with Crippen LogP contribution in [0.1, 0.15) is 56.9 Å². The van der Waals surface area contributed by atoms with E-state index in [0.717, 1.165) is 31.7 Å². The van der Waals surface area contributed by atoms with Crippen molar-refractivity contribution in [3.8, 4) is 0 Å². The zero-order valence-corrected chi connectivity index (χ0v) is 19.7. The first-order chi connectivity index (χ1) is 15.7. The molecule has 1 aliphatic heterocycles. The van der Waals surface area contributed by atoms with Crippen LogP contribution in [0, 0.1) is 23.0 Å². The van der Waals surface area contributed by atoms with E-state index in [1.54, 1.807) is 6.92 Å². The van der Waals surface area contributed by atoms with Crippen molar-refractivity contribution in [2.24, 2.45) is 5.92 Å². The van der Waals surface area contributed by atoms with Gasteiger partial charge in [-0.2, -0.15) is 4.31 Å². The quantitative estimate of drug-likeness (QED) is 0.432. The summed E-state index contributed by atoms with van der Waals surface area (Å²) in [6, 6.07) is 4.03. The fourth-order valence-corrected chi connectivity index (χ4v) is 6.18. The number of carbonyl (C=O) groups is 2. The number of nitrogens with one attached hydrogen (secondary N) is 2. The zero-order chi connectivity index (χ0) is 24.0. The van der Waals surface area contributed by atoms with Crippen LogP contribution in [0.15, 0.2) is 23.1 Å². The summed E-state index contributed by atoms with van der Waals surface area (Å²) in [5.41, 5.74) is 0.160. The van der Waals surface area contributed by atoms with Crippen molar-refractivity contribution in [2.75, 3.05) is 19.6 Å². The molecule has 182 valence electrons. The summed E-state index contributed by atoms with van der Waals surface area (Å²) in [5.74, 6) is -0.566. The van der Waals surface area contributed by atoms with Gasteiger partial charge < -0.3 is 10.6 Å². The first-order valence-corrected chi connectivity index (χ1v) is 12.9. The second kappa shape index (κ2) is 11.1. The first-order valence-electron chi connectivity index (χ1n) is 11.5. The maximum absolute atomic E-state index is 13.0. The normalized spacial score (nSPS) is 18.6. The second-order valence-electron chi connectivity index (χ2n) is 8.83. The Morgan fingerprint density at radius 2 is 1.79 bits per heavy atom. The maximum atomic E-state index is 13.0. The number of amides is 2. The van der Waals surface area contributed by atoms with Crippen LogP contribution in [-0.4, -0.2) is 55.1 Å². The third-order valence-corrected chi connectivity index (χ3v) is 8.49. The van der Waals surface area contributed by atoms with E-state index in [0.29, 0.717) is 18.4 Å². The molecular formula is C22H32N4O6S. The van der Waals surface area contributed by atoms with E-state index < -0.39 is 14.9 Å². The second-order valence-corrected chi connectivity index (χ2v) is 10.7. The molecule has 1 aromatic rings. The first kappa shape index (κ1) is 25.1. The van der Waals surface area contributed by atoms with Gasteiger partial charge in [0.05, 0.1) is 9.82 Å². The molecule has 2 aliphatic rings. The van der Waals surface area contributed by atoms with Crippen LogP contribution in [0.2, 0.25) is 0 Å². The third-order valence-electron chi connectivity index (χ3n) is 6.45. The van der Waals surface area contributed by atoms with Gasteiger partial charge in [0.2, 0.25) is 21.8 Å². The molecule has 1 saturated carbocycles. The van der Waals surface area contributed by atoms with Crippen molar-refractivity contribution in [1.82, 2.24) is 14.9 Å². The van der Waals surface area contributed by atoms with Crippen molar-refractivity contribution < 1.29 is 22.9 Å². The minimum Gasteiger partial charge on any atom is -0.355 e. The summed E-state index contributed by atoms with van der Waals surface area (Å²) in [6.45, 7) is 2.17. The Bertz CT molecular complexity index is 983. The molecule has 2 N–H and O–H groups in total. The predicted octanol–water partition coefficient (Wildman–Crippen LogP) is 2.26. The van der Waals surface area contributed by atoms with E-state index >= 15 is 0 Å². The van der Waals surface area contributed by atoms with Gasteiger partial charge in [0.25, 0.3) is 5.69 Å². The Hall–Kier alpha value is -2.53. The Labute approximate surface area is 194 Å². The average molecular weight is 481 g/mol.